The van der Waals surface area contributed by atoms with Gasteiger partial charge in [0.2, 0.25) is 0 Å². The molecule has 15 heavy (non-hydrogen) atoms. The molecule has 0 amide bonds. The van der Waals surface area contributed by atoms with Crippen molar-refractivity contribution in [3.63, 3.8) is 0 Å². The highest BCUT2D eigenvalue weighted by molar-refractivity contribution is 5.96. The second kappa shape index (κ2) is 4.22. The number of hydrogen-bond acceptors (Lipinski definition) is 2. The number of nitrogens with one attached hydrogen (secondary N) is 1. The molecule has 2 rings (SSSR count). The van der Waals surface area contributed by atoms with Crippen LogP contribution in [0.5, 0.6) is 5.75 Å². The van der Waals surface area contributed by atoms with Crippen LogP contribution in [0.3, 0.4) is 0 Å². The number of benzene rings is 2. The Kier molecular flexibility index (Phi) is 2.77. The van der Waals surface area contributed by atoms with Gasteiger partial charge in [0.25, 0.3) is 0 Å². The Hall–Kier alpha value is -1.70. The van der Waals surface area contributed by atoms with Crippen molar-refractivity contribution in [1.82, 2.24) is 0 Å². The van der Waals surface area contributed by atoms with Crippen molar-refractivity contribution in [2.24, 2.45) is 0 Å². The molecule has 2 nitrogen and oxygen atoms in total. The normalized spacial score (nSPS) is 10.5. The number of hydrogen-bond donors (Lipinski definition) is 2. The number of fused-ring (bicyclic) bond motifs is 1. The highest BCUT2D eigenvalue weighted by atomic mass is 16.3. The van der Waals surface area contributed by atoms with Gasteiger partial charge < -0.3 is 10.4 Å². The fraction of sp³-hybridized carbons (Fsp3) is 0.231. The summed E-state index contributed by atoms with van der Waals surface area (Å²) < 4.78 is 0. The molecule has 0 aromatic heterocycles. The summed E-state index contributed by atoms with van der Waals surface area (Å²) in [6.45, 7) is 2.98. The molecule has 2 heteroatoms. The lowest BCUT2D eigenvalue weighted by Crippen LogP contribution is -2.00. The second-order valence-electron chi connectivity index (χ2n) is 3.61. The molecule has 78 valence electrons. The summed E-state index contributed by atoms with van der Waals surface area (Å²) in [7, 11) is 0. The Labute approximate surface area is 89.6 Å². The van der Waals surface area contributed by atoms with Gasteiger partial charge in [-0.15, -0.1) is 0 Å². The first-order valence-corrected chi connectivity index (χ1v) is 5.27. The fourth-order valence-corrected chi connectivity index (χ4v) is 1.70. The molecule has 0 aliphatic carbocycles. The van der Waals surface area contributed by atoms with Crippen molar-refractivity contribution in [2.75, 3.05) is 11.9 Å². The zero-order chi connectivity index (χ0) is 10.7. The van der Waals surface area contributed by atoms with Crippen LogP contribution in [-0.2, 0) is 0 Å². The van der Waals surface area contributed by atoms with E-state index in [0.29, 0.717) is 5.75 Å². The van der Waals surface area contributed by atoms with Crippen molar-refractivity contribution in [3.05, 3.63) is 36.4 Å². The van der Waals surface area contributed by atoms with Gasteiger partial charge in [-0.05, 0) is 17.9 Å². The Morgan fingerprint density at radius 3 is 2.73 bits per heavy atom. The SMILES string of the molecule is CCCNc1c(O)ccc2ccccc12. The molecule has 2 aromatic carbocycles. The minimum atomic E-state index is 0.321. The van der Waals surface area contributed by atoms with Crippen LogP contribution >= 0.6 is 0 Å². The van der Waals surface area contributed by atoms with Crippen LogP contribution in [0.1, 0.15) is 13.3 Å². The average Bonchev–Trinajstić information content (AvgIpc) is 2.28. The molecule has 0 radical (unpaired) electrons. The highest BCUT2D eigenvalue weighted by Gasteiger charge is 2.04. The Bertz CT molecular complexity index is 465. The van der Waals surface area contributed by atoms with Gasteiger partial charge >= 0.3 is 0 Å². The predicted molar refractivity (Wildman–Crippen MR) is 64.4 cm³/mol. The summed E-state index contributed by atoms with van der Waals surface area (Å²) in [5.74, 6) is 0.321. The molecule has 0 fully saturated rings. The van der Waals surface area contributed by atoms with Crippen molar-refractivity contribution in [3.8, 4) is 5.75 Å². The summed E-state index contributed by atoms with van der Waals surface area (Å²) in [6, 6.07) is 11.7. The Morgan fingerprint density at radius 1 is 1.13 bits per heavy atom. The van der Waals surface area contributed by atoms with Gasteiger partial charge in [0.1, 0.15) is 5.75 Å². The highest BCUT2D eigenvalue weighted by Crippen LogP contribution is 2.31. The third-order valence-corrected chi connectivity index (χ3v) is 2.46. The largest absolute Gasteiger partial charge is 0.506 e. The minimum absolute atomic E-state index is 0.321. The van der Waals surface area contributed by atoms with Gasteiger partial charge in [0, 0.05) is 11.9 Å². The monoisotopic (exact) mass is 201 g/mol. The van der Waals surface area contributed by atoms with Gasteiger partial charge in [0.15, 0.2) is 0 Å². The van der Waals surface area contributed by atoms with Gasteiger partial charge in [-0.25, -0.2) is 0 Å². The number of aromatic hydroxyl groups is 1. The zero-order valence-electron chi connectivity index (χ0n) is 8.83. The Morgan fingerprint density at radius 2 is 1.93 bits per heavy atom. The topological polar surface area (TPSA) is 32.3 Å². The Balaban J connectivity index is 2.53. The van der Waals surface area contributed by atoms with Crippen LogP contribution < -0.4 is 5.32 Å². The maximum absolute atomic E-state index is 9.77. The standard InChI is InChI=1S/C13H15NO/c1-2-9-14-13-11-6-4-3-5-10(11)7-8-12(13)15/h3-8,14-15H,2,9H2,1H3. The van der Waals surface area contributed by atoms with E-state index >= 15 is 0 Å². The molecule has 2 N–H and O–H groups in total. The molecule has 0 spiro atoms. The van der Waals surface area contributed by atoms with Crippen molar-refractivity contribution in [2.45, 2.75) is 13.3 Å². The van der Waals surface area contributed by atoms with E-state index < -0.39 is 0 Å². The maximum atomic E-state index is 9.77. The van der Waals surface area contributed by atoms with E-state index in [4.69, 9.17) is 0 Å². The molecule has 0 atom stereocenters. The summed E-state index contributed by atoms with van der Waals surface area (Å²) in [4.78, 5) is 0. The smallest absolute Gasteiger partial charge is 0.139 e. The molecule has 0 bridgehead atoms. The van der Waals surface area contributed by atoms with E-state index in [1.165, 1.54) is 0 Å². The van der Waals surface area contributed by atoms with E-state index in [0.717, 1.165) is 29.4 Å². The molecule has 0 aliphatic heterocycles. The van der Waals surface area contributed by atoms with Crippen LogP contribution in [0.2, 0.25) is 0 Å². The molecular weight excluding hydrogens is 186 g/mol. The van der Waals surface area contributed by atoms with E-state index in [9.17, 15) is 5.11 Å². The molecule has 0 aliphatic rings. The number of rotatable bonds is 3. The number of phenolic OH excluding ortho intramolecular Hbond substituents is 1. The second-order valence-corrected chi connectivity index (χ2v) is 3.61. The van der Waals surface area contributed by atoms with E-state index in [1.54, 1.807) is 6.07 Å². The first-order valence-electron chi connectivity index (χ1n) is 5.27. The quantitative estimate of drug-likeness (QED) is 0.746. The van der Waals surface area contributed by atoms with Crippen LogP contribution in [-0.4, -0.2) is 11.7 Å². The lowest BCUT2D eigenvalue weighted by Gasteiger charge is -2.10. The summed E-state index contributed by atoms with van der Waals surface area (Å²) in [5.41, 5.74) is 0.843. The predicted octanol–water partition coefficient (Wildman–Crippen LogP) is 3.37. The number of phenols is 1. The summed E-state index contributed by atoms with van der Waals surface area (Å²) >= 11 is 0. The van der Waals surface area contributed by atoms with Crippen molar-refractivity contribution >= 4 is 16.5 Å². The molecule has 2 aromatic rings. The van der Waals surface area contributed by atoms with Crippen LogP contribution in [0.4, 0.5) is 5.69 Å². The van der Waals surface area contributed by atoms with E-state index in [2.05, 4.69) is 12.2 Å². The molecule has 0 heterocycles. The fourth-order valence-electron chi connectivity index (χ4n) is 1.70. The number of anilines is 1. The maximum Gasteiger partial charge on any atom is 0.139 e. The van der Waals surface area contributed by atoms with Crippen LogP contribution in [0.15, 0.2) is 36.4 Å². The third-order valence-electron chi connectivity index (χ3n) is 2.46. The lowest BCUT2D eigenvalue weighted by atomic mass is 10.1. The first kappa shape index (κ1) is 9.84. The lowest BCUT2D eigenvalue weighted by molar-refractivity contribution is 0.478. The first-order chi connectivity index (χ1) is 7.33. The summed E-state index contributed by atoms with van der Waals surface area (Å²) in [6.07, 6.45) is 1.04. The van der Waals surface area contributed by atoms with Gasteiger partial charge in [-0.2, -0.15) is 0 Å². The van der Waals surface area contributed by atoms with Crippen LogP contribution in [0, 0.1) is 0 Å². The zero-order valence-corrected chi connectivity index (χ0v) is 8.83. The average molecular weight is 201 g/mol. The van der Waals surface area contributed by atoms with E-state index in [1.807, 2.05) is 30.3 Å². The van der Waals surface area contributed by atoms with Crippen molar-refractivity contribution in [1.29, 1.82) is 0 Å². The van der Waals surface area contributed by atoms with Crippen LogP contribution in [0.25, 0.3) is 10.8 Å². The molecular formula is C13H15NO. The third kappa shape index (κ3) is 1.89. The van der Waals surface area contributed by atoms with E-state index in [-0.39, 0.29) is 0 Å². The van der Waals surface area contributed by atoms with Gasteiger partial charge in [-0.3, -0.25) is 0 Å². The summed E-state index contributed by atoms with van der Waals surface area (Å²) in [5, 5.41) is 15.3. The van der Waals surface area contributed by atoms with Gasteiger partial charge in [0.05, 0.1) is 5.69 Å². The van der Waals surface area contributed by atoms with Crippen molar-refractivity contribution < 1.29 is 5.11 Å². The molecule has 0 saturated carbocycles. The molecule has 0 unspecified atom stereocenters. The minimum Gasteiger partial charge on any atom is -0.506 e. The van der Waals surface area contributed by atoms with Gasteiger partial charge in [-0.1, -0.05) is 37.3 Å². The molecule has 0 saturated heterocycles.